The van der Waals surface area contributed by atoms with Crippen LogP contribution in [0.15, 0.2) is 42.6 Å². The van der Waals surface area contributed by atoms with E-state index in [-0.39, 0.29) is 11.7 Å². The Balaban J connectivity index is 2.12. The quantitative estimate of drug-likeness (QED) is 0.917. The molecule has 4 nitrogen and oxygen atoms in total. The van der Waals surface area contributed by atoms with Gasteiger partial charge in [0.15, 0.2) is 0 Å². The van der Waals surface area contributed by atoms with Gasteiger partial charge in [0.05, 0.1) is 11.9 Å². The highest BCUT2D eigenvalue weighted by atomic mass is 19.1. The summed E-state index contributed by atoms with van der Waals surface area (Å²) in [6.07, 6.45) is 2.64. The van der Waals surface area contributed by atoms with Gasteiger partial charge in [0, 0.05) is 19.3 Å². The second kappa shape index (κ2) is 6.83. The third kappa shape index (κ3) is 3.78. The van der Waals surface area contributed by atoms with Crippen LogP contribution < -0.4 is 10.2 Å². The molecule has 0 aliphatic carbocycles. The first kappa shape index (κ1) is 15.0. The van der Waals surface area contributed by atoms with Gasteiger partial charge in [-0.2, -0.15) is 0 Å². The molecule has 0 atom stereocenters. The van der Waals surface area contributed by atoms with Crippen molar-refractivity contribution >= 4 is 17.3 Å². The monoisotopic (exact) mass is 287 g/mol. The van der Waals surface area contributed by atoms with Gasteiger partial charge in [-0.05, 0) is 36.8 Å². The van der Waals surface area contributed by atoms with E-state index in [0.29, 0.717) is 11.4 Å². The van der Waals surface area contributed by atoms with Crippen molar-refractivity contribution in [3.63, 3.8) is 0 Å². The lowest BCUT2D eigenvalue weighted by Gasteiger charge is -2.17. The van der Waals surface area contributed by atoms with Crippen LogP contribution >= 0.6 is 0 Å². The lowest BCUT2D eigenvalue weighted by molar-refractivity contribution is 0.0988. The van der Waals surface area contributed by atoms with E-state index in [1.54, 1.807) is 31.4 Å². The number of halogens is 1. The first-order valence-electron chi connectivity index (χ1n) is 6.85. The highest BCUT2D eigenvalue weighted by Gasteiger charge is 2.15. The van der Waals surface area contributed by atoms with Gasteiger partial charge in [0.25, 0.3) is 5.91 Å². The Morgan fingerprint density at radius 2 is 2.14 bits per heavy atom. The highest BCUT2D eigenvalue weighted by molar-refractivity contribution is 6.04. The number of aromatic nitrogens is 1. The largest absolute Gasteiger partial charge is 0.384 e. The molecule has 0 aliphatic heterocycles. The summed E-state index contributed by atoms with van der Waals surface area (Å²) < 4.78 is 13.2. The number of nitrogens with one attached hydrogen (secondary N) is 1. The normalized spacial score (nSPS) is 10.2. The van der Waals surface area contributed by atoms with Crippen LogP contribution in [0.2, 0.25) is 0 Å². The summed E-state index contributed by atoms with van der Waals surface area (Å²) in [5, 5.41) is 3.19. The molecule has 1 amide bonds. The van der Waals surface area contributed by atoms with Gasteiger partial charge in [-0.15, -0.1) is 0 Å². The molecule has 1 aromatic carbocycles. The zero-order valence-electron chi connectivity index (χ0n) is 12.1. The summed E-state index contributed by atoms with van der Waals surface area (Å²) in [6.45, 7) is 2.93. The SMILES string of the molecule is CCCNc1ccc(C(=O)N(C)c2cccc(F)c2)nc1. The molecule has 21 heavy (non-hydrogen) atoms. The van der Waals surface area contributed by atoms with Crippen LogP contribution in [0.25, 0.3) is 0 Å². The summed E-state index contributed by atoms with van der Waals surface area (Å²) in [7, 11) is 1.60. The van der Waals surface area contributed by atoms with E-state index in [1.807, 2.05) is 6.07 Å². The predicted octanol–water partition coefficient (Wildman–Crippen LogP) is 3.32. The number of rotatable bonds is 5. The number of amides is 1. The summed E-state index contributed by atoms with van der Waals surface area (Å²) in [5.41, 5.74) is 1.70. The van der Waals surface area contributed by atoms with Gasteiger partial charge >= 0.3 is 0 Å². The maximum Gasteiger partial charge on any atom is 0.276 e. The molecule has 110 valence electrons. The number of hydrogen-bond donors (Lipinski definition) is 1. The minimum atomic E-state index is -0.376. The van der Waals surface area contributed by atoms with Crippen molar-refractivity contribution in [3.05, 3.63) is 54.1 Å². The molecule has 2 aromatic rings. The molecule has 0 aliphatic rings. The molecule has 0 spiro atoms. The van der Waals surface area contributed by atoms with Crippen molar-refractivity contribution in [2.75, 3.05) is 23.8 Å². The molecule has 0 bridgehead atoms. The minimum Gasteiger partial charge on any atom is -0.384 e. The van der Waals surface area contributed by atoms with E-state index in [9.17, 15) is 9.18 Å². The van der Waals surface area contributed by atoms with E-state index in [1.165, 1.54) is 17.0 Å². The lowest BCUT2D eigenvalue weighted by Crippen LogP contribution is -2.27. The van der Waals surface area contributed by atoms with E-state index in [0.717, 1.165) is 18.7 Å². The molecular weight excluding hydrogens is 269 g/mol. The molecule has 0 fully saturated rings. The maximum atomic E-state index is 13.2. The molecule has 0 saturated heterocycles. The number of benzene rings is 1. The van der Waals surface area contributed by atoms with Crippen molar-refractivity contribution in [3.8, 4) is 0 Å². The van der Waals surface area contributed by atoms with E-state index in [2.05, 4.69) is 17.2 Å². The first-order chi connectivity index (χ1) is 10.1. The molecule has 5 heteroatoms. The Hall–Kier alpha value is -2.43. The summed E-state index contributed by atoms with van der Waals surface area (Å²) in [6, 6.07) is 9.38. The number of carbonyl (C=O) groups excluding carboxylic acids is 1. The Bertz CT molecular complexity index is 613. The fourth-order valence-electron chi connectivity index (χ4n) is 1.87. The van der Waals surface area contributed by atoms with Gasteiger partial charge in [-0.3, -0.25) is 4.79 Å². The van der Waals surface area contributed by atoms with Crippen molar-refractivity contribution in [2.45, 2.75) is 13.3 Å². The molecule has 0 unspecified atom stereocenters. The number of pyridine rings is 1. The van der Waals surface area contributed by atoms with E-state index in [4.69, 9.17) is 0 Å². The fraction of sp³-hybridized carbons (Fsp3) is 0.250. The molecular formula is C16H18FN3O. The van der Waals surface area contributed by atoms with Crippen LogP contribution in [0.4, 0.5) is 15.8 Å². The van der Waals surface area contributed by atoms with E-state index >= 15 is 0 Å². The Kier molecular flexibility index (Phi) is 4.87. The van der Waals surface area contributed by atoms with Gasteiger partial charge in [0.2, 0.25) is 0 Å². The third-order valence-corrected chi connectivity index (χ3v) is 3.06. The van der Waals surface area contributed by atoms with Crippen molar-refractivity contribution < 1.29 is 9.18 Å². The first-order valence-corrected chi connectivity index (χ1v) is 6.85. The van der Waals surface area contributed by atoms with Gasteiger partial charge in [-0.1, -0.05) is 13.0 Å². The van der Waals surface area contributed by atoms with E-state index < -0.39 is 0 Å². The predicted molar refractivity (Wildman–Crippen MR) is 82.2 cm³/mol. The molecule has 1 N–H and O–H groups in total. The highest BCUT2D eigenvalue weighted by Crippen LogP contribution is 2.16. The average Bonchev–Trinajstić information content (AvgIpc) is 2.52. The van der Waals surface area contributed by atoms with Crippen molar-refractivity contribution in [2.24, 2.45) is 0 Å². The zero-order valence-corrected chi connectivity index (χ0v) is 12.1. The summed E-state index contributed by atoms with van der Waals surface area (Å²) in [4.78, 5) is 17.8. The third-order valence-electron chi connectivity index (χ3n) is 3.06. The molecule has 2 rings (SSSR count). The fourth-order valence-corrected chi connectivity index (χ4v) is 1.87. The van der Waals surface area contributed by atoms with Crippen LogP contribution in [0.1, 0.15) is 23.8 Å². The van der Waals surface area contributed by atoms with Gasteiger partial charge in [-0.25, -0.2) is 9.37 Å². The summed E-state index contributed by atoms with van der Waals surface area (Å²) >= 11 is 0. The number of nitrogens with zero attached hydrogens (tertiary/aromatic N) is 2. The van der Waals surface area contributed by atoms with Crippen molar-refractivity contribution in [1.29, 1.82) is 0 Å². The standard InChI is InChI=1S/C16H18FN3O/c1-3-9-18-13-7-8-15(19-11-13)16(21)20(2)14-6-4-5-12(17)10-14/h4-8,10-11,18H,3,9H2,1-2H3. The van der Waals surface area contributed by atoms with Crippen LogP contribution in [0, 0.1) is 5.82 Å². The molecule has 1 heterocycles. The average molecular weight is 287 g/mol. The lowest BCUT2D eigenvalue weighted by atomic mass is 10.2. The minimum absolute atomic E-state index is 0.275. The second-order valence-electron chi connectivity index (χ2n) is 4.70. The topological polar surface area (TPSA) is 45.2 Å². The van der Waals surface area contributed by atoms with Crippen LogP contribution in [-0.2, 0) is 0 Å². The van der Waals surface area contributed by atoms with Crippen LogP contribution in [0.5, 0.6) is 0 Å². The smallest absolute Gasteiger partial charge is 0.276 e. The number of anilines is 2. The molecule has 1 aromatic heterocycles. The Morgan fingerprint density at radius 3 is 2.76 bits per heavy atom. The second-order valence-corrected chi connectivity index (χ2v) is 4.70. The van der Waals surface area contributed by atoms with Crippen LogP contribution in [-0.4, -0.2) is 24.5 Å². The summed E-state index contributed by atoms with van der Waals surface area (Å²) in [5.74, 6) is -0.651. The zero-order chi connectivity index (χ0) is 15.2. The van der Waals surface area contributed by atoms with Gasteiger partial charge < -0.3 is 10.2 Å². The van der Waals surface area contributed by atoms with Gasteiger partial charge in [0.1, 0.15) is 11.5 Å². The maximum absolute atomic E-state index is 13.2. The Labute approximate surface area is 123 Å². The number of hydrogen-bond acceptors (Lipinski definition) is 3. The molecule has 0 saturated carbocycles. The number of carbonyl (C=O) groups is 1. The Morgan fingerprint density at radius 1 is 1.33 bits per heavy atom. The molecule has 0 radical (unpaired) electrons. The van der Waals surface area contributed by atoms with Crippen LogP contribution in [0.3, 0.4) is 0 Å². The van der Waals surface area contributed by atoms with Crippen molar-refractivity contribution in [1.82, 2.24) is 4.98 Å².